The van der Waals surface area contributed by atoms with Crippen LogP contribution in [0, 0.1) is 23.2 Å². The van der Waals surface area contributed by atoms with Gasteiger partial charge in [-0.1, -0.05) is 48.0 Å². The maximum Gasteiger partial charge on any atom is 0.417 e. The Bertz CT molecular complexity index is 1690. The molecule has 3 aliphatic rings. The highest BCUT2D eigenvalue weighted by molar-refractivity contribution is 5.94. The van der Waals surface area contributed by atoms with Crippen molar-refractivity contribution in [3.05, 3.63) is 29.3 Å². The molecule has 2 amide bonds. The lowest BCUT2D eigenvalue weighted by Crippen LogP contribution is -2.58. The van der Waals surface area contributed by atoms with Crippen LogP contribution in [0.5, 0.6) is 11.6 Å². The number of benzene rings is 1. The fraction of sp³-hybridized carbons (Fsp3) is 0.684. The van der Waals surface area contributed by atoms with E-state index < -0.39 is 94.0 Å². The lowest BCUT2D eigenvalue weighted by molar-refractivity contribution is -0.143. The number of carbonyl (C=O) groups is 3. The highest BCUT2D eigenvalue weighted by atomic mass is 19.4. The summed E-state index contributed by atoms with van der Waals surface area (Å²) in [7, 11) is 1.32. The molecule has 0 spiro atoms. The summed E-state index contributed by atoms with van der Waals surface area (Å²) in [5.41, 5.74) is -5.03. The number of carbonyl (C=O) groups excluding carboxylic acids is 3. The number of nitrogens with zero attached hydrogens (tertiary/aromatic N) is 2. The van der Waals surface area contributed by atoms with Crippen LogP contribution in [0.4, 0.5) is 26.7 Å². The van der Waals surface area contributed by atoms with Crippen LogP contribution in [0.3, 0.4) is 0 Å². The van der Waals surface area contributed by atoms with E-state index in [1.807, 2.05) is 0 Å². The van der Waals surface area contributed by atoms with E-state index in [2.05, 4.69) is 10.3 Å². The van der Waals surface area contributed by atoms with Crippen LogP contribution in [0.25, 0.3) is 10.9 Å². The number of aromatic nitrogens is 1. The fourth-order valence-corrected chi connectivity index (χ4v) is 8.13. The highest BCUT2D eigenvalue weighted by Gasteiger charge is 2.53. The van der Waals surface area contributed by atoms with Gasteiger partial charge in [-0.2, -0.15) is 13.2 Å². The Hall–Kier alpha value is -3.71. The van der Waals surface area contributed by atoms with E-state index in [4.69, 9.17) is 14.2 Å². The van der Waals surface area contributed by atoms with Gasteiger partial charge in [0.15, 0.2) is 5.78 Å². The Kier molecular flexibility index (Phi) is 10.8. The predicted octanol–water partition coefficient (Wildman–Crippen LogP) is 8.45. The molecule has 6 unspecified atom stereocenters. The Morgan fingerprint density at radius 3 is 2.37 bits per heavy atom. The van der Waals surface area contributed by atoms with E-state index in [1.165, 1.54) is 24.1 Å². The molecule has 1 aromatic heterocycles. The summed E-state index contributed by atoms with van der Waals surface area (Å²) in [5.74, 6) is -7.40. The van der Waals surface area contributed by atoms with Gasteiger partial charge in [0.25, 0.3) is 5.92 Å². The quantitative estimate of drug-likeness (QED) is 0.315. The molecule has 9 nitrogen and oxygen atoms in total. The number of ether oxygens (including phenoxy) is 3. The van der Waals surface area contributed by atoms with Crippen molar-refractivity contribution in [3.63, 3.8) is 0 Å². The number of pyridine rings is 1. The number of amides is 2. The summed E-state index contributed by atoms with van der Waals surface area (Å²) in [6.45, 7) is 11.6. The summed E-state index contributed by atoms with van der Waals surface area (Å²) in [4.78, 5) is 47.3. The molecule has 1 saturated heterocycles. The number of Topliss-reactive ketones (excluding diaryl/α,β-unsaturated/α-hetero) is 1. The van der Waals surface area contributed by atoms with Gasteiger partial charge in [0.1, 0.15) is 23.5 Å². The van der Waals surface area contributed by atoms with Gasteiger partial charge >= 0.3 is 12.3 Å². The second kappa shape index (κ2) is 14.3. The number of methoxy groups -OCH3 is 1. The zero-order valence-corrected chi connectivity index (χ0v) is 31.1. The van der Waals surface area contributed by atoms with Crippen molar-refractivity contribution in [2.75, 3.05) is 13.7 Å². The predicted molar refractivity (Wildman–Crippen MR) is 183 cm³/mol. The van der Waals surface area contributed by atoms with Crippen LogP contribution in [0.2, 0.25) is 0 Å². The molecule has 6 atom stereocenters. The van der Waals surface area contributed by atoms with Gasteiger partial charge in [-0.25, -0.2) is 18.6 Å². The average Bonchev–Trinajstić information content (AvgIpc) is 3.56. The monoisotopic (exact) mass is 739 g/mol. The number of rotatable bonds is 3. The number of alkyl carbamates (subject to hydrolysis) is 1. The van der Waals surface area contributed by atoms with Crippen LogP contribution in [0.1, 0.15) is 105 Å². The van der Waals surface area contributed by atoms with E-state index in [-0.39, 0.29) is 42.4 Å². The van der Waals surface area contributed by atoms with Gasteiger partial charge in [0.2, 0.25) is 11.8 Å². The summed E-state index contributed by atoms with van der Waals surface area (Å²) in [6, 6.07) is 1.21. The van der Waals surface area contributed by atoms with Crippen LogP contribution in [-0.4, -0.2) is 65.1 Å². The molecule has 1 aromatic carbocycles. The molecule has 1 aliphatic carbocycles. The molecule has 3 heterocycles. The Morgan fingerprint density at radius 1 is 1.08 bits per heavy atom. The van der Waals surface area contributed by atoms with Crippen LogP contribution < -0.4 is 14.8 Å². The SMILES string of the molecule is COc1ccc2c(C(F)(F)F)c3c(nc2c1)OC1CN(C(=O)C(C(C)(C)C)NC(=O)OC2(C)CCCC2CCCCC3(F)F)C(C(=O)C(C)C)C1C. The summed E-state index contributed by atoms with van der Waals surface area (Å²) < 4.78 is 95.5. The highest BCUT2D eigenvalue weighted by Crippen LogP contribution is 2.50. The van der Waals surface area contributed by atoms with Crippen molar-refractivity contribution in [2.45, 2.75) is 129 Å². The molecular formula is C38H50F5N3O6. The van der Waals surface area contributed by atoms with E-state index in [0.29, 0.717) is 19.3 Å². The third kappa shape index (κ3) is 7.67. The lowest BCUT2D eigenvalue weighted by atomic mass is 9.85. The number of hydrogen-bond donors (Lipinski definition) is 1. The number of ketones is 1. The second-order valence-electron chi connectivity index (χ2n) is 16.2. The first kappa shape index (κ1) is 39.5. The zero-order valence-electron chi connectivity index (χ0n) is 31.1. The van der Waals surface area contributed by atoms with Crippen molar-refractivity contribution >= 4 is 28.7 Å². The minimum atomic E-state index is -5.23. The first-order valence-corrected chi connectivity index (χ1v) is 18.1. The third-order valence-electron chi connectivity index (χ3n) is 11.1. The number of halogens is 5. The van der Waals surface area contributed by atoms with Crippen LogP contribution >= 0.6 is 0 Å². The smallest absolute Gasteiger partial charge is 0.417 e. The van der Waals surface area contributed by atoms with Gasteiger partial charge in [-0.15, -0.1) is 0 Å². The fourth-order valence-electron chi connectivity index (χ4n) is 8.13. The molecule has 52 heavy (non-hydrogen) atoms. The summed E-state index contributed by atoms with van der Waals surface area (Å²) in [5, 5.41) is 2.23. The number of nitrogens with one attached hydrogen (secondary N) is 1. The van der Waals surface area contributed by atoms with Gasteiger partial charge in [-0.05, 0) is 62.5 Å². The average molecular weight is 740 g/mol. The minimum absolute atomic E-state index is 0.123. The number of alkyl halides is 5. The van der Waals surface area contributed by atoms with Gasteiger partial charge in [0, 0.05) is 29.7 Å². The van der Waals surface area contributed by atoms with E-state index in [9.17, 15) is 14.4 Å². The molecule has 14 heteroatoms. The summed E-state index contributed by atoms with van der Waals surface area (Å²) in [6.07, 6.45) is -5.74. The van der Waals surface area contributed by atoms with Crippen LogP contribution in [-0.2, 0) is 26.4 Å². The molecule has 2 fully saturated rings. The molecule has 5 rings (SSSR count). The van der Waals surface area contributed by atoms with Crippen molar-refractivity contribution in [1.29, 1.82) is 0 Å². The topological polar surface area (TPSA) is 107 Å². The normalized spacial score (nSPS) is 29.0. The molecule has 2 bridgehead atoms. The van der Waals surface area contributed by atoms with Crippen molar-refractivity contribution < 1.29 is 50.5 Å². The Labute approximate surface area is 301 Å². The standard InChI is InChI=1S/C38H50F5N3O6/c1-20(2)30(47)29-21(3)26-19-46(29)33(48)31(35(4,5)6)45-34(49)52-36(7)16-11-13-22(36)12-9-10-17-37(39,40)28-27(38(41,42)43)24-15-14-23(50-8)18-25(24)44-32(28)51-26/h14-15,18,20-22,26,29,31H,9-13,16-17,19H2,1-8H3,(H,45,49). The second-order valence-corrected chi connectivity index (χ2v) is 16.2. The first-order valence-electron chi connectivity index (χ1n) is 18.1. The van der Waals surface area contributed by atoms with E-state index >= 15 is 22.0 Å². The molecule has 1 N–H and O–H groups in total. The molecule has 2 aromatic rings. The van der Waals surface area contributed by atoms with Gasteiger partial charge in [-0.3, -0.25) is 9.59 Å². The molecule has 288 valence electrons. The molecule has 0 radical (unpaired) electrons. The Morgan fingerprint density at radius 2 is 1.75 bits per heavy atom. The largest absolute Gasteiger partial charge is 0.497 e. The number of hydrogen-bond acceptors (Lipinski definition) is 7. The minimum Gasteiger partial charge on any atom is -0.497 e. The van der Waals surface area contributed by atoms with E-state index in [1.54, 1.807) is 48.5 Å². The van der Waals surface area contributed by atoms with Crippen molar-refractivity contribution in [2.24, 2.45) is 23.2 Å². The third-order valence-corrected chi connectivity index (χ3v) is 11.1. The Balaban J connectivity index is 1.71. The van der Waals surface area contributed by atoms with Gasteiger partial charge in [0.05, 0.1) is 36.3 Å². The van der Waals surface area contributed by atoms with E-state index in [0.717, 1.165) is 12.5 Å². The molecular weight excluding hydrogens is 689 g/mol. The summed E-state index contributed by atoms with van der Waals surface area (Å²) >= 11 is 0. The molecule has 1 saturated carbocycles. The maximum atomic E-state index is 16.5. The first-order chi connectivity index (χ1) is 24.1. The maximum absolute atomic E-state index is 16.5. The lowest BCUT2D eigenvalue weighted by Gasteiger charge is -2.37. The number of fused-ring (bicyclic) bond motifs is 5. The molecule has 2 aliphatic heterocycles. The zero-order chi connectivity index (χ0) is 38.6. The van der Waals surface area contributed by atoms with Crippen LogP contribution in [0.15, 0.2) is 18.2 Å². The van der Waals surface area contributed by atoms with Crippen molar-refractivity contribution in [3.8, 4) is 11.6 Å². The van der Waals surface area contributed by atoms with Crippen molar-refractivity contribution in [1.82, 2.24) is 15.2 Å². The van der Waals surface area contributed by atoms with Gasteiger partial charge < -0.3 is 24.4 Å².